The quantitative estimate of drug-likeness (QED) is 0.441. The van der Waals surface area contributed by atoms with Gasteiger partial charge in [-0.25, -0.2) is 0 Å². The zero-order chi connectivity index (χ0) is 19.7. The number of hydroxylamine groups is 2. The maximum absolute atomic E-state index is 12.9. The summed E-state index contributed by atoms with van der Waals surface area (Å²) in [6.07, 6.45) is -0.748. The number of halogens is 6. The second-order valence-electron chi connectivity index (χ2n) is 7.60. The summed E-state index contributed by atoms with van der Waals surface area (Å²) in [5.74, 6) is -3.48. The third-order valence-electron chi connectivity index (χ3n) is 6.56. The number of amides is 2. The van der Waals surface area contributed by atoms with Crippen molar-refractivity contribution in [3.8, 4) is 0 Å². The highest BCUT2D eigenvalue weighted by Crippen LogP contribution is 2.81. The molecule has 5 aliphatic rings. The van der Waals surface area contributed by atoms with Crippen LogP contribution in [0.1, 0.15) is 13.3 Å². The molecule has 0 aromatic carbocycles. The molecular weight excluding hydrogens is 483 g/mol. The lowest BCUT2D eigenvalue weighted by molar-refractivity contribution is -0.192. The van der Waals surface area contributed by atoms with E-state index in [9.17, 15) is 9.59 Å². The summed E-state index contributed by atoms with van der Waals surface area (Å²) < 4.78 is 4.33. The molecule has 148 valence electrons. The lowest BCUT2D eigenvalue weighted by Gasteiger charge is -2.39. The first-order valence-electron chi connectivity index (χ1n) is 8.54. The highest BCUT2D eigenvalue weighted by Gasteiger charge is 2.90. The predicted octanol–water partition coefficient (Wildman–Crippen LogP) is 3.79. The third-order valence-corrected chi connectivity index (χ3v) is 10.9. The zero-order valence-electron chi connectivity index (χ0n) is 13.7. The average molecular weight is 496 g/mol. The molecule has 0 aromatic rings. The van der Waals surface area contributed by atoms with Gasteiger partial charge in [-0.2, -0.15) is 5.06 Å². The van der Waals surface area contributed by atoms with E-state index in [2.05, 4.69) is 0 Å². The van der Waals surface area contributed by atoms with Crippen LogP contribution in [0, 0.1) is 23.7 Å². The van der Waals surface area contributed by atoms with Gasteiger partial charge in [0.25, 0.3) is 11.8 Å². The number of carbonyl (C=O) groups is 2. The van der Waals surface area contributed by atoms with Gasteiger partial charge < -0.3 is 4.74 Å². The SMILES string of the molecule is CCCON1C(=O)[C@@H]2[C@H]3O[C@@H]([C@@H]2C1=O)[C@H]1[C@@H]3[C@@]2(Cl)C(Cl)=C(Cl)[C@@]1(Cl)C2(Cl)Cl. The standard InChI is InChI=1S/C16H13Cl6NO4/c1-2-3-26-23-12(24)4-5(13(23)25)9-7-6(8(4)27-9)14(19)10(17)11(18)15(7,20)16(14,21)22/h4-9H,2-3H2,1H3/t4-,5+,6-,7+,8+,9-,14-,15-/m1/s1. The molecule has 0 unspecified atom stereocenters. The van der Waals surface area contributed by atoms with Crippen molar-refractivity contribution < 1.29 is 19.2 Å². The van der Waals surface area contributed by atoms with Gasteiger partial charge in [-0.15, -0.1) is 23.2 Å². The number of hydrogen-bond donors (Lipinski definition) is 0. The van der Waals surface area contributed by atoms with E-state index >= 15 is 0 Å². The van der Waals surface area contributed by atoms with Crippen molar-refractivity contribution in [2.24, 2.45) is 23.7 Å². The van der Waals surface area contributed by atoms with Crippen molar-refractivity contribution in [3.05, 3.63) is 10.1 Å². The van der Waals surface area contributed by atoms with Gasteiger partial charge >= 0.3 is 0 Å². The number of nitrogens with zero attached hydrogens (tertiary/aromatic N) is 1. The molecule has 4 fully saturated rings. The molecule has 2 amide bonds. The second-order valence-corrected chi connectivity index (χ2v) is 10.9. The van der Waals surface area contributed by atoms with Gasteiger partial charge in [-0.05, 0) is 6.42 Å². The Bertz CT molecular complexity index is 761. The van der Waals surface area contributed by atoms with Crippen LogP contribution in [0.2, 0.25) is 0 Å². The fraction of sp³-hybridized carbons (Fsp3) is 0.750. The third kappa shape index (κ3) is 1.79. The van der Waals surface area contributed by atoms with Gasteiger partial charge in [-0.3, -0.25) is 14.4 Å². The van der Waals surface area contributed by atoms with E-state index in [0.717, 1.165) is 5.06 Å². The summed E-state index contributed by atoms with van der Waals surface area (Å²) in [4.78, 5) is 28.1. The average Bonchev–Trinajstić information content (AvgIpc) is 3.31. The number of allylic oxidation sites excluding steroid dienone is 2. The van der Waals surface area contributed by atoms with Crippen LogP contribution in [0.3, 0.4) is 0 Å². The molecule has 4 bridgehead atoms. The molecule has 3 saturated heterocycles. The van der Waals surface area contributed by atoms with E-state index in [-0.39, 0.29) is 16.7 Å². The summed E-state index contributed by atoms with van der Waals surface area (Å²) in [5.41, 5.74) is 0. The maximum atomic E-state index is 12.9. The first-order chi connectivity index (χ1) is 12.6. The van der Waals surface area contributed by atoms with Crippen molar-refractivity contribution in [1.29, 1.82) is 0 Å². The lowest BCUT2D eigenvalue weighted by atomic mass is 9.65. The van der Waals surface area contributed by atoms with E-state index in [4.69, 9.17) is 79.2 Å². The fourth-order valence-corrected chi connectivity index (χ4v) is 8.64. The summed E-state index contributed by atoms with van der Waals surface area (Å²) >= 11 is 39.8. The number of hydrogen-bond acceptors (Lipinski definition) is 4. The van der Waals surface area contributed by atoms with E-state index < -0.39 is 61.8 Å². The summed E-state index contributed by atoms with van der Waals surface area (Å²) in [5, 5.41) is 0.975. The molecule has 0 aromatic heterocycles. The molecule has 27 heavy (non-hydrogen) atoms. The highest BCUT2D eigenvalue weighted by molar-refractivity contribution is 6.65. The minimum atomic E-state index is -1.71. The van der Waals surface area contributed by atoms with Gasteiger partial charge in [0, 0.05) is 11.8 Å². The first-order valence-corrected chi connectivity index (χ1v) is 10.8. The molecular formula is C16H13Cl6NO4. The normalized spacial score (nSPS) is 51.6. The topological polar surface area (TPSA) is 55.8 Å². The maximum Gasteiger partial charge on any atom is 0.260 e. The molecule has 0 N–H and O–H groups in total. The van der Waals surface area contributed by atoms with Crippen LogP contribution in [0.5, 0.6) is 0 Å². The summed E-state index contributed by atoms with van der Waals surface area (Å²) in [6.45, 7) is 2.13. The fourth-order valence-electron chi connectivity index (χ4n) is 5.58. The van der Waals surface area contributed by atoms with Crippen LogP contribution in [0.4, 0.5) is 0 Å². The molecule has 5 nitrogen and oxygen atoms in total. The van der Waals surface area contributed by atoms with E-state index in [1.54, 1.807) is 0 Å². The van der Waals surface area contributed by atoms with Crippen LogP contribution >= 0.6 is 69.6 Å². The Kier molecular flexibility index (Phi) is 4.05. The first kappa shape index (κ1) is 19.5. The van der Waals surface area contributed by atoms with E-state index in [1.165, 1.54) is 0 Å². The van der Waals surface area contributed by atoms with Crippen molar-refractivity contribution in [2.45, 2.75) is 39.6 Å². The van der Waals surface area contributed by atoms with Gasteiger partial charge in [-0.1, -0.05) is 53.3 Å². The Balaban J connectivity index is 1.61. The second kappa shape index (κ2) is 5.61. The molecule has 2 aliphatic carbocycles. The summed E-state index contributed by atoms with van der Waals surface area (Å²) in [7, 11) is 0. The Morgan fingerprint density at radius 1 is 0.963 bits per heavy atom. The molecule has 0 radical (unpaired) electrons. The van der Waals surface area contributed by atoms with Crippen molar-refractivity contribution >= 4 is 81.4 Å². The van der Waals surface area contributed by atoms with E-state index in [1.807, 2.05) is 6.92 Å². The molecule has 3 heterocycles. The highest BCUT2D eigenvalue weighted by atomic mass is 35.5. The number of imide groups is 1. The Morgan fingerprint density at radius 3 is 1.81 bits per heavy atom. The van der Waals surface area contributed by atoms with Gasteiger partial charge in [0.15, 0.2) is 4.33 Å². The number of carbonyl (C=O) groups excluding carboxylic acids is 2. The monoisotopic (exact) mass is 493 g/mol. The summed E-state index contributed by atoms with van der Waals surface area (Å²) in [6, 6.07) is 0. The minimum Gasteiger partial charge on any atom is -0.373 e. The number of alkyl halides is 4. The van der Waals surface area contributed by atoms with Crippen LogP contribution in [0.15, 0.2) is 10.1 Å². The zero-order valence-corrected chi connectivity index (χ0v) is 18.3. The van der Waals surface area contributed by atoms with Crippen LogP contribution < -0.4 is 0 Å². The lowest BCUT2D eigenvalue weighted by Crippen LogP contribution is -2.50. The smallest absolute Gasteiger partial charge is 0.260 e. The van der Waals surface area contributed by atoms with Gasteiger partial charge in [0.1, 0.15) is 9.75 Å². The minimum absolute atomic E-state index is 0.0654. The van der Waals surface area contributed by atoms with Gasteiger partial charge in [0.2, 0.25) is 0 Å². The largest absolute Gasteiger partial charge is 0.373 e. The number of ether oxygens (including phenoxy) is 1. The van der Waals surface area contributed by atoms with Crippen LogP contribution in [0.25, 0.3) is 0 Å². The Morgan fingerprint density at radius 2 is 1.41 bits per heavy atom. The van der Waals surface area contributed by atoms with E-state index in [0.29, 0.717) is 6.42 Å². The van der Waals surface area contributed by atoms with Crippen LogP contribution in [-0.2, 0) is 19.2 Å². The van der Waals surface area contributed by atoms with Gasteiger partial charge in [0.05, 0.1) is 40.7 Å². The van der Waals surface area contributed by atoms with Crippen molar-refractivity contribution in [2.75, 3.05) is 6.61 Å². The molecule has 8 atom stereocenters. The Hall–Kier alpha value is 0.540. The molecule has 3 aliphatic heterocycles. The molecule has 0 spiro atoms. The van der Waals surface area contributed by atoms with Crippen molar-refractivity contribution in [1.82, 2.24) is 5.06 Å². The molecule has 5 rings (SSSR count). The van der Waals surface area contributed by atoms with Crippen LogP contribution in [-0.4, -0.2) is 49.8 Å². The predicted molar refractivity (Wildman–Crippen MR) is 101 cm³/mol. The number of rotatable bonds is 3. The Labute approximate surface area is 185 Å². The number of fused-ring (bicyclic) bond motifs is 12. The van der Waals surface area contributed by atoms with Crippen molar-refractivity contribution in [3.63, 3.8) is 0 Å². The molecule has 11 heteroatoms. The molecule has 1 saturated carbocycles.